The van der Waals surface area contributed by atoms with Crippen LogP contribution in [0.3, 0.4) is 0 Å². The molecule has 9 heteroatoms. The van der Waals surface area contributed by atoms with Gasteiger partial charge in [-0.2, -0.15) is 13.2 Å². The molecule has 2 amide bonds. The number of amides is 2. The number of nitrogens with one attached hydrogen (secondary N) is 2. The lowest BCUT2D eigenvalue weighted by Crippen LogP contribution is -2.38. The van der Waals surface area contributed by atoms with Crippen LogP contribution in [0.1, 0.15) is 30.9 Å². The second kappa shape index (κ2) is 10.3. The van der Waals surface area contributed by atoms with Gasteiger partial charge in [-0.05, 0) is 36.4 Å². The van der Waals surface area contributed by atoms with E-state index >= 15 is 0 Å². The summed E-state index contributed by atoms with van der Waals surface area (Å²) in [6.45, 7) is 3.27. The normalized spacial score (nSPS) is 17.8. The number of alkyl carbamates (subject to hydrolysis) is 1. The Kier molecular flexibility index (Phi) is 8.10. The highest BCUT2D eigenvalue weighted by atomic mass is 19.4. The van der Waals surface area contributed by atoms with Crippen LogP contribution in [0.15, 0.2) is 24.3 Å². The van der Waals surface area contributed by atoms with Crippen molar-refractivity contribution in [3.63, 3.8) is 0 Å². The zero-order valence-electron chi connectivity index (χ0n) is 15.8. The van der Waals surface area contributed by atoms with Gasteiger partial charge in [-0.3, -0.25) is 9.69 Å². The summed E-state index contributed by atoms with van der Waals surface area (Å²) in [6.07, 6.45) is -3.47. The van der Waals surface area contributed by atoms with Crippen LogP contribution in [-0.4, -0.2) is 49.3 Å². The summed E-state index contributed by atoms with van der Waals surface area (Å²) in [7, 11) is 0. The number of carbonyl (C=O) groups excluding carboxylic acids is 2. The minimum atomic E-state index is -4.60. The highest BCUT2D eigenvalue weighted by Gasteiger charge is 2.29. The monoisotopic (exact) mass is 401 g/mol. The van der Waals surface area contributed by atoms with E-state index < -0.39 is 31.3 Å². The Morgan fingerprint density at radius 1 is 1.21 bits per heavy atom. The summed E-state index contributed by atoms with van der Waals surface area (Å²) in [5.41, 5.74) is 2.09. The number of piperidine rings is 1. The van der Waals surface area contributed by atoms with Crippen LogP contribution in [-0.2, 0) is 22.6 Å². The van der Waals surface area contributed by atoms with Gasteiger partial charge in [0.25, 0.3) is 0 Å². The number of hydrogen-bond donors (Lipinski definition) is 2. The van der Waals surface area contributed by atoms with Crippen LogP contribution in [0.4, 0.5) is 18.0 Å². The van der Waals surface area contributed by atoms with Crippen molar-refractivity contribution in [3.8, 4) is 0 Å². The molecule has 156 valence electrons. The van der Waals surface area contributed by atoms with Gasteiger partial charge in [0.15, 0.2) is 6.61 Å². The van der Waals surface area contributed by atoms with E-state index in [1.807, 2.05) is 29.6 Å². The maximum Gasteiger partial charge on any atom is 0.422 e. The van der Waals surface area contributed by atoms with Gasteiger partial charge in [0.05, 0.1) is 0 Å². The highest BCUT2D eigenvalue weighted by molar-refractivity contribution is 5.82. The van der Waals surface area contributed by atoms with Gasteiger partial charge in [-0.1, -0.05) is 31.2 Å². The quantitative estimate of drug-likeness (QED) is 0.737. The maximum absolute atomic E-state index is 12.0. The fourth-order valence-electron chi connectivity index (χ4n) is 3.16. The van der Waals surface area contributed by atoms with Crippen molar-refractivity contribution in [2.75, 3.05) is 26.2 Å². The summed E-state index contributed by atoms with van der Waals surface area (Å²) in [6, 6.07) is 7.78. The molecule has 2 rings (SSSR count). The number of halogens is 3. The molecule has 0 aromatic heterocycles. The number of rotatable bonds is 7. The van der Waals surface area contributed by atoms with Gasteiger partial charge in [0.1, 0.15) is 6.54 Å². The fraction of sp³-hybridized carbons (Fsp3) is 0.579. The van der Waals surface area contributed by atoms with Gasteiger partial charge in [-0.15, -0.1) is 0 Å². The predicted octanol–water partition coefficient (Wildman–Crippen LogP) is 2.82. The minimum absolute atomic E-state index is 0.275. The molecule has 1 fully saturated rings. The largest absolute Gasteiger partial charge is 0.440 e. The first kappa shape index (κ1) is 22.0. The average molecular weight is 401 g/mol. The molecule has 0 spiro atoms. The second-order valence-electron chi connectivity index (χ2n) is 7.07. The molecule has 0 bridgehead atoms. The molecule has 28 heavy (non-hydrogen) atoms. The van der Waals surface area contributed by atoms with Crippen LogP contribution >= 0.6 is 0 Å². The van der Waals surface area contributed by atoms with Crippen LogP contribution in [0.5, 0.6) is 0 Å². The molecule has 1 aromatic rings. The first-order valence-corrected chi connectivity index (χ1v) is 9.26. The molecule has 2 N–H and O–H groups in total. The van der Waals surface area contributed by atoms with Crippen molar-refractivity contribution in [1.82, 2.24) is 15.5 Å². The Morgan fingerprint density at radius 3 is 2.61 bits per heavy atom. The first-order chi connectivity index (χ1) is 13.2. The molecule has 1 aliphatic heterocycles. The number of nitrogens with zero attached hydrogens (tertiary/aromatic N) is 1. The lowest BCUT2D eigenvalue weighted by molar-refractivity contribution is -0.160. The van der Waals surface area contributed by atoms with E-state index in [0.29, 0.717) is 5.92 Å². The molecule has 1 heterocycles. The van der Waals surface area contributed by atoms with E-state index in [0.717, 1.165) is 30.8 Å². The van der Waals surface area contributed by atoms with E-state index in [9.17, 15) is 22.8 Å². The molecular formula is C19H26F3N3O3. The lowest BCUT2D eigenvalue weighted by atomic mass is 9.99. The summed E-state index contributed by atoms with van der Waals surface area (Å²) in [4.78, 5) is 25.4. The van der Waals surface area contributed by atoms with Crippen LogP contribution in [0, 0.1) is 5.92 Å². The van der Waals surface area contributed by atoms with Gasteiger partial charge >= 0.3 is 12.3 Å². The third-order valence-electron chi connectivity index (χ3n) is 4.49. The second-order valence-corrected chi connectivity index (χ2v) is 7.07. The number of benzene rings is 1. The van der Waals surface area contributed by atoms with Crippen LogP contribution < -0.4 is 10.6 Å². The molecular weight excluding hydrogens is 375 g/mol. The first-order valence-electron chi connectivity index (χ1n) is 9.26. The summed E-state index contributed by atoms with van der Waals surface area (Å²) < 4.78 is 39.9. The van der Waals surface area contributed by atoms with Crippen molar-refractivity contribution in [2.24, 2.45) is 5.92 Å². The van der Waals surface area contributed by atoms with Crippen molar-refractivity contribution < 1.29 is 27.5 Å². The van der Waals surface area contributed by atoms with E-state index in [-0.39, 0.29) is 6.54 Å². The number of hydrogen-bond acceptors (Lipinski definition) is 4. The van der Waals surface area contributed by atoms with Gasteiger partial charge in [-0.25, -0.2) is 4.79 Å². The molecule has 1 aromatic carbocycles. The fourth-order valence-corrected chi connectivity index (χ4v) is 3.16. The van der Waals surface area contributed by atoms with Crippen LogP contribution in [0.25, 0.3) is 0 Å². The minimum Gasteiger partial charge on any atom is -0.440 e. The Labute approximate surface area is 162 Å². The maximum atomic E-state index is 12.0. The van der Waals surface area contributed by atoms with E-state index in [1.54, 1.807) is 0 Å². The Morgan fingerprint density at radius 2 is 1.93 bits per heavy atom. The topological polar surface area (TPSA) is 70.7 Å². The highest BCUT2D eigenvalue weighted by Crippen LogP contribution is 2.19. The molecule has 1 saturated heterocycles. The van der Waals surface area contributed by atoms with Crippen LogP contribution in [0.2, 0.25) is 0 Å². The third-order valence-corrected chi connectivity index (χ3v) is 4.49. The number of carbonyl (C=O) groups is 2. The predicted molar refractivity (Wildman–Crippen MR) is 97.4 cm³/mol. The average Bonchev–Trinajstić information content (AvgIpc) is 2.63. The zero-order valence-corrected chi connectivity index (χ0v) is 15.8. The number of likely N-dealkylation sites (tertiary alicyclic amines) is 1. The van der Waals surface area contributed by atoms with Crippen molar-refractivity contribution in [1.29, 1.82) is 0 Å². The summed E-state index contributed by atoms with van der Waals surface area (Å²) in [5, 5.41) is 4.66. The third kappa shape index (κ3) is 8.16. The van der Waals surface area contributed by atoms with Gasteiger partial charge in [0, 0.05) is 19.6 Å². The van der Waals surface area contributed by atoms with E-state index in [2.05, 4.69) is 21.9 Å². The smallest absolute Gasteiger partial charge is 0.422 e. The lowest BCUT2D eigenvalue weighted by Gasteiger charge is -2.31. The number of alkyl halides is 3. The SMILES string of the molecule is CC1CCCN(Cc2ccccc2CNC(=O)CNC(=O)OCC(F)(F)F)C1. The van der Waals surface area contributed by atoms with Crippen molar-refractivity contribution >= 4 is 12.0 Å². The molecule has 6 nitrogen and oxygen atoms in total. The standard InChI is InChI=1S/C19H26F3N3O3/c1-14-5-4-8-25(11-14)12-16-7-3-2-6-15(16)9-23-17(26)10-24-18(27)28-13-19(20,21)22/h2-3,6-7,14H,4-5,8-13H2,1H3,(H,23,26)(H,24,27). The van der Waals surface area contributed by atoms with E-state index in [1.165, 1.54) is 12.8 Å². The molecule has 1 atom stereocenters. The molecule has 0 saturated carbocycles. The number of ether oxygens (including phenoxy) is 1. The summed E-state index contributed by atoms with van der Waals surface area (Å²) in [5.74, 6) is 0.161. The molecule has 0 aliphatic carbocycles. The van der Waals surface area contributed by atoms with Crippen molar-refractivity contribution in [3.05, 3.63) is 35.4 Å². The Hall–Kier alpha value is -2.29. The summed E-state index contributed by atoms with van der Waals surface area (Å²) >= 11 is 0. The molecule has 1 unspecified atom stereocenters. The van der Waals surface area contributed by atoms with Gasteiger partial charge < -0.3 is 15.4 Å². The molecule has 0 radical (unpaired) electrons. The van der Waals surface area contributed by atoms with E-state index in [4.69, 9.17) is 0 Å². The van der Waals surface area contributed by atoms with Crippen molar-refractivity contribution in [2.45, 2.75) is 39.0 Å². The Balaban J connectivity index is 1.77. The zero-order chi connectivity index (χ0) is 20.6. The Bertz CT molecular complexity index is 667. The molecule has 1 aliphatic rings. The van der Waals surface area contributed by atoms with Gasteiger partial charge in [0.2, 0.25) is 5.91 Å².